The van der Waals surface area contributed by atoms with E-state index in [-0.39, 0.29) is 22.8 Å². The minimum atomic E-state index is -0.485. The van der Waals surface area contributed by atoms with Crippen LogP contribution in [-0.4, -0.2) is 34.3 Å². The molecule has 0 saturated carbocycles. The van der Waals surface area contributed by atoms with Gasteiger partial charge in [-0.15, -0.1) is 0 Å². The molecule has 0 aliphatic heterocycles. The Bertz CT molecular complexity index is 1210. The molecule has 4 N–H and O–H groups in total. The Hall–Kier alpha value is -4.20. The number of aromatic amines is 1. The summed E-state index contributed by atoms with van der Waals surface area (Å²) >= 11 is 0. The Labute approximate surface area is 152 Å². The largest absolute Gasteiger partial charge is 0.382 e. The topological polar surface area (TPSA) is 156 Å². The second-order valence-corrected chi connectivity index (χ2v) is 5.75. The molecule has 0 spiro atoms. The molecule has 0 aliphatic carbocycles. The number of hydrogen-bond donors (Lipinski definition) is 3. The zero-order valence-corrected chi connectivity index (χ0v) is 14.2. The number of nitrogen functional groups attached to an aromatic ring is 1. The van der Waals surface area contributed by atoms with E-state index in [1.807, 2.05) is 6.07 Å². The van der Waals surface area contributed by atoms with Gasteiger partial charge in [-0.1, -0.05) is 0 Å². The van der Waals surface area contributed by atoms with Crippen molar-refractivity contribution >= 4 is 17.2 Å². The molecule has 0 unspecified atom stereocenters. The lowest BCUT2D eigenvalue weighted by Gasteiger charge is -2.19. The number of hydrogen-bond acceptors (Lipinski definition) is 8. The number of nitrogens with zero attached hydrogens (tertiary/aromatic N) is 7. The molecule has 0 amide bonds. The highest BCUT2D eigenvalue weighted by Crippen LogP contribution is 2.22. The Morgan fingerprint density at radius 3 is 3.00 bits per heavy atom. The van der Waals surface area contributed by atoms with Crippen molar-refractivity contribution in [2.45, 2.75) is 13.0 Å². The predicted octanol–water partition coefficient (Wildman–Crippen LogP) is 0.625. The lowest BCUT2D eigenvalue weighted by atomic mass is 10.2. The highest BCUT2D eigenvalue weighted by molar-refractivity contribution is 5.62. The van der Waals surface area contributed by atoms with E-state index in [2.05, 4.69) is 30.6 Å². The van der Waals surface area contributed by atoms with E-state index in [9.17, 15) is 10.1 Å². The van der Waals surface area contributed by atoms with Crippen molar-refractivity contribution < 1.29 is 0 Å². The average Bonchev–Trinajstić information content (AvgIpc) is 3.33. The molecule has 11 heteroatoms. The van der Waals surface area contributed by atoms with Crippen LogP contribution in [0.15, 0.2) is 41.8 Å². The van der Waals surface area contributed by atoms with Crippen LogP contribution in [0.25, 0.3) is 11.2 Å². The van der Waals surface area contributed by atoms with Crippen molar-refractivity contribution in [2.75, 3.05) is 11.1 Å². The standard InChI is InChI=1S/C16H14N10O/c1-9(23-14-11(5-17)13(18)19-8-20-14)15-24-25-4-2-3-12(25)16(27)26(15)10-6-21-22-7-10/h2-4,6-9H,1H3,(H,21,22)(H3,18,19,20,23)/t9-/m0/s1. The SMILES string of the molecule is C[C@H](Nc1ncnc(N)c1C#N)c1nn2cccc2c(=O)n1-c1cn[nH]c1. The summed E-state index contributed by atoms with van der Waals surface area (Å²) in [6.07, 6.45) is 6.08. The zero-order chi connectivity index (χ0) is 19.0. The van der Waals surface area contributed by atoms with Crippen LogP contribution in [0, 0.1) is 11.3 Å². The summed E-state index contributed by atoms with van der Waals surface area (Å²) in [6, 6.07) is 4.92. The number of aromatic nitrogens is 7. The van der Waals surface area contributed by atoms with Crippen LogP contribution >= 0.6 is 0 Å². The number of nitrogens with one attached hydrogen (secondary N) is 2. The summed E-state index contributed by atoms with van der Waals surface area (Å²) < 4.78 is 2.96. The molecule has 134 valence electrons. The van der Waals surface area contributed by atoms with E-state index >= 15 is 0 Å². The van der Waals surface area contributed by atoms with Gasteiger partial charge in [-0.25, -0.2) is 14.5 Å². The van der Waals surface area contributed by atoms with Crippen LogP contribution in [0.5, 0.6) is 0 Å². The number of nitrogens with two attached hydrogens (primary N) is 1. The van der Waals surface area contributed by atoms with E-state index < -0.39 is 6.04 Å². The summed E-state index contributed by atoms with van der Waals surface area (Å²) in [7, 11) is 0. The van der Waals surface area contributed by atoms with Gasteiger partial charge in [0.15, 0.2) is 5.82 Å². The van der Waals surface area contributed by atoms with Crippen molar-refractivity contribution in [3.05, 3.63) is 58.8 Å². The third-order valence-electron chi connectivity index (χ3n) is 4.06. The molecule has 0 radical (unpaired) electrons. The van der Waals surface area contributed by atoms with E-state index in [0.717, 1.165) is 0 Å². The first kappa shape index (κ1) is 16.3. The molecule has 1 atom stereocenters. The molecule has 0 fully saturated rings. The van der Waals surface area contributed by atoms with Gasteiger partial charge in [0, 0.05) is 12.4 Å². The van der Waals surface area contributed by atoms with Crippen LogP contribution < -0.4 is 16.6 Å². The van der Waals surface area contributed by atoms with Crippen molar-refractivity contribution in [1.82, 2.24) is 34.3 Å². The maximum Gasteiger partial charge on any atom is 0.282 e. The highest BCUT2D eigenvalue weighted by Gasteiger charge is 2.20. The Morgan fingerprint density at radius 2 is 2.26 bits per heavy atom. The fraction of sp³-hybridized carbons (Fsp3) is 0.125. The molecule has 11 nitrogen and oxygen atoms in total. The Morgan fingerprint density at radius 1 is 1.41 bits per heavy atom. The molecule has 0 saturated heterocycles. The van der Waals surface area contributed by atoms with Crippen LogP contribution in [0.4, 0.5) is 11.6 Å². The van der Waals surface area contributed by atoms with Gasteiger partial charge in [-0.2, -0.15) is 15.5 Å². The minimum Gasteiger partial charge on any atom is -0.382 e. The lowest BCUT2D eigenvalue weighted by molar-refractivity contribution is 0.672. The first-order chi connectivity index (χ1) is 13.1. The van der Waals surface area contributed by atoms with E-state index in [1.165, 1.54) is 21.6 Å². The van der Waals surface area contributed by atoms with Gasteiger partial charge in [0.1, 0.15) is 35.1 Å². The number of H-pyrrole nitrogens is 1. The molecular formula is C16H14N10O. The molecular weight excluding hydrogens is 348 g/mol. The molecule has 4 heterocycles. The third-order valence-corrected chi connectivity index (χ3v) is 4.06. The zero-order valence-electron chi connectivity index (χ0n) is 14.2. The number of rotatable bonds is 4. The van der Waals surface area contributed by atoms with Crippen molar-refractivity contribution in [3.63, 3.8) is 0 Å². The Kier molecular flexibility index (Phi) is 3.78. The summed E-state index contributed by atoms with van der Waals surface area (Å²) in [5.74, 6) is 0.743. The van der Waals surface area contributed by atoms with Crippen molar-refractivity contribution in [3.8, 4) is 11.8 Å². The second kappa shape index (κ2) is 6.26. The molecule has 4 rings (SSSR count). The number of fused-ring (bicyclic) bond motifs is 1. The maximum atomic E-state index is 13.0. The first-order valence-electron chi connectivity index (χ1n) is 7.96. The highest BCUT2D eigenvalue weighted by atomic mass is 16.1. The van der Waals surface area contributed by atoms with Crippen LogP contribution in [0.2, 0.25) is 0 Å². The van der Waals surface area contributed by atoms with Crippen molar-refractivity contribution in [2.24, 2.45) is 0 Å². The van der Waals surface area contributed by atoms with Gasteiger partial charge in [0.25, 0.3) is 5.56 Å². The fourth-order valence-electron chi connectivity index (χ4n) is 2.79. The van der Waals surface area contributed by atoms with E-state index in [1.54, 1.807) is 31.5 Å². The van der Waals surface area contributed by atoms with Crippen molar-refractivity contribution in [1.29, 1.82) is 5.26 Å². The minimum absolute atomic E-state index is 0.0724. The molecule has 0 aliphatic rings. The van der Waals surface area contributed by atoms with Crippen LogP contribution in [-0.2, 0) is 0 Å². The van der Waals surface area contributed by atoms with Gasteiger partial charge >= 0.3 is 0 Å². The summed E-state index contributed by atoms with van der Waals surface area (Å²) in [6.45, 7) is 1.80. The van der Waals surface area contributed by atoms with Gasteiger partial charge in [-0.05, 0) is 19.1 Å². The molecule has 4 aromatic heterocycles. The number of anilines is 2. The van der Waals surface area contributed by atoms with Crippen LogP contribution in [0.1, 0.15) is 24.4 Å². The van der Waals surface area contributed by atoms with Gasteiger partial charge in [0.05, 0.1) is 17.9 Å². The molecule has 0 aromatic carbocycles. The summed E-state index contributed by atoms with van der Waals surface area (Å²) in [5.41, 5.74) is 6.59. The molecule has 0 bridgehead atoms. The molecule has 27 heavy (non-hydrogen) atoms. The fourth-order valence-corrected chi connectivity index (χ4v) is 2.79. The monoisotopic (exact) mass is 362 g/mol. The smallest absolute Gasteiger partial charge is 0.282 e. The van der Waals surface area contributed by atoms with Crippen LogP contribution in [0.3, 0.4) is 0 Å². The quantitative estimate of drug-likeness (QED) is 0.477. The normalized spacial score (nSPS) is 12.0. The van der Waals surface area contributed by atoms with Gasteiger partial charge in [-0.3, -0.25) is 14.5 Å². The Balaban J connectivity index is 1.86. The lowest BCUT2D eigenvalue weighted by Crippen LogP contribution is -2.29. The third kappa shape index (κ3) is 2.65. The maximum absolute atomic E-state index is 13.0. The number of nitriles is 1. The average molecular weight is 362 g/mol. The second-order valence-electron chi connectivity index (χ2n) is 5.75. The van der Waals surface area contributed by atoms with Gasteiger partial charge < -0.3 is 11.1 Å². The predicted molar refractivity (Wildman–Crippen MR) is 96.1 cm³/mol. The summed E-state index contributed by atoms with van der Waals surface area (Å²) in [4.78, 5) is 20.9. The van der Waals surface area contributed by atoms with E-state index in [4.69, 9.17) is 5.73 Å². The van der Waals surface area contributed by atoms with E-state index in [0.29, 0.717) is 17.0 Å². The van der Waals surface area contributed by atoms with Gasteiger partial charge in [0.2, 0.25) is 0 Å². The summed E-state index contributed by atoms with van der Waals surface area (Å²) in [5, 5.41) is 23.5. The first-order valence-corrected chi connectivity index (χ1v) is 7.96. The molecule has 4 aromatic rings.